The van der Waals surface area contributed by atoms with Gasteiger partial charge < -0.3 is 19.6 Å². The first-order valence-corrected chi connectivity index (χ1v) is 5.85. The zero-order valence-corrected chi connectivity index (χ0v) is 10.7. The van der Waals surface area contributed by atoms with Gasteiger partial charge in [-0.25, -0.2) is 0 Å². The molecule has 2 rings (SSSR count). The average Bonchev–Trinajstić information content (AvgIpc) is 3.02. The molecule has 1 aromatic heterocycles. The molecule has 1 aromatic rings. The van der Waals surface area contributed by atoms with Crippen LogP contribution in [0.2, 0.25) is 0 Å². The summed E-state index contributed by atoms with van der Waals surface area (Å²) in [5.74, 6) is 0.612. The van der Waals surface area contributed by atoms with Crippen molar-refractivity contribution in [1.29, 1.82) is 0 Å². The first-order chi connectivity index (χ1) is 8.35. The van der Waals surface area contributed by atoms with Crippen molar-refractivity contribution < 1.29 is 14.4 Å². The monoisotopic (exact) mass is 252 g/mol. The molecule has 0 atom stereocenters. The Labute approximate surface area is 105 Å². The third-order valence-corrected chi connectivity index (χ3v) is 2.24. The Morgan fingerprint density at radius 2 is 2.06 bits per heavy atom. The molecule has 1 aliphatic carbocycles. The zero-order valence-electron chi connectivity index (χ0n) is 10.7. The summed E-state index contributed by atoms with van der Waals surface area (Å²) in [6, 6.07) is 1.32. The lowest BCUT2D eigenvalue weighted by molar-refractivity contribution is -0.389. The van der Waals surface area contributed by atoms with E-state index in [1.165, 1.54) is 12.3 Å². The topological polar surface area (TPSA) is 74.5 Å². The number of nitrogens with zero attached hydrogens (tertiary/aromatic N) is 2. The van der Waals surface area contributed by atoms with E-state index in [1.54, 1.807) is 0 Å². The summed E-state index contributed by atoms with van der Waals surface area (Å²) < 4.78 is 11.3. The van der Waals surface area contributed by atoms with Crippen LogP contribution in [0.25, 0.3) is 0 Å². The van der Waals surface area contributed by atoms with E-state index in [0.717, 1.165) is 12.8 Å². The Balaban J connectivity index is 2.28. The third-order valence-electron chi connectivity index (χ3n) is 2.24. The van der Waals surface area contributed by atoms with E-state index in [0.29, 0.717) is 11.5 Å². The van der Waals surface area contributed by atoms with E-state index in [1.807, 2.05) is 20.8 Å². The highest BCUT2D eigenvalue weighted by Crippen LogP contribution is 2.36. The highest BCUT2D eigenvalue weighted by molar-refractivity contribution is 5.43. The van der Waals surface area contributed by atoms with Crippen molar-refractivity contribution in [2.45, 2.75) is 45.3 Å². The van der Waals surface area contributed by atoms with Gasteiger partial charge in [0.25, 0.3) is 0 Å². The normalized spacial score (nSPS) is 15.3. The number of nitro groups is 1. The highest BCUT2D eigenvalue weighted by atomic mass is 16.6. The van der Waals surface area contributed by atoms with Gasteiger partial charge in [0.1, 0.15) is 5.60 Å². The molecule has 1 aliphatic rings. The molecule has 0 aromatic carbocycles. The molecule has 0 aliphatic heterocycles. The molecule has 98 valence electrons. The molecule has 0 radical (unpaired) electrons. The van der Waals surface area contributed by atoms with Crippen LogP contribution in [0, 0.1) is 10.1 Å². The minimum atomic E-state index is -0.541. The summed E-state index contributed by atoms with van der Waals surface area (Å²) in [5, 5.41) is 10.7. The Kier molecular flexibility index (Phi) is 3.11. The number of aromatic nitrogens is 1. The van der Waals surface area contributed by atoms with Crippen LogP contribution in [0.1, 0.15) is 33.6 Å². The summed E-state index contributed by atoms with van der Waals surface area (Å²) in [6.45, 7) is 5.69. The number of ether oxygens (including phenoxy) is 2. The van der Waals surface area contributed by atoms with Gasteiger partial charge in [-0.3, -0.25) is 0 Å². The van der Waals surface area contributed by atoms with Crippen molar-refractivity contribution >= 4 is 5.82 Å². The van der Waals surface area contributed by atoms with Gasteiger partial charge in [0.2, 0.25) is 5.75 Å². The fourth-order valence-corrected chi connectivity index (χ4v) is 1.38. The Morgan fingerprint density at radius 3 is 2.56 bits per heavy atom. The van der Waals surface area contributed by atoms with Gasteiger partial charge in [0.15, 0.2) is 11.9 Å². The molecular formula is C12H16N2O4. The molecule has 1 heterocycles. The first-order valence-electron chi connectivity index (χ1n) is 5.85. The SMILES string of the molecule is CC(C)(C)Oc1cnc([N+](=O)[O-])cc1OC1CC1. The lowest BCUT2D eigenvalue weighted by atomic mass is 10.2. The molecule has 0 bridgehead atoms. The van der Waals surface area contributed by atoms with Gasteiger partial charge >= 0.3 is 5.82 Å². The van der Waals surface area contributed by atoms with Crippen molar-refractivity contribution in [2.75, 3.05) is 0 Å². The molecule has 6 nitrogen and oxygen atoms in total. The van der Waals surface area contributed by atoms with E-state index in [9.17, 15) is 10.1 Å². The Bertz CT molecular complexity index is 464. The molecule has 6 heteroatoms. The summed E-state index contributed by atoms with van der Waals surface area (Å²) in [4.78, 5) is 13.9. The molecule has 1 fully saturated rings. The lowest BCUT2D eigenvalue weighted by Crippen LogP contribution is -2.23. The van der Waals surface area contributed by atoms with Crippen LogP contribution in [0.5, 0.6) is 11.5 Å². The molecule has 0 saturated heterocycles. The van der Waals surface area contributed by atoms with Crippen LogP contribution >= 0.6 is 0 Å². The predicted molar refractivity (Wildman–Crippen MR) is 64.9 cm³/mol. The predicted octanol–water partition coefficient (Wildman–Crippen LogP) is 2.71. The van der Waals surface area contributed by atoms with Crippen molar-refractivity contribution in [3.63, 3.8) is 0 Å². The van der Waals surface area contributed by atoms with Crippen LogP contribution < -0.4 is 9.47 Å². The van der Waals surface area contributed by atoms with Crippen LogP contribution in [0.15, 0.2) is 12.3 Å². The maximum atomic E-state index is 10.7. The molecular weight excluding hydrogens is 236 g/mol. The van der Waals surface area contributed by atoms with E-state index in [4.69, 9.17) is 9.47 Å². The minimum absolute atomic E-state index is 0.148. The standard InChI is InChI=1S/C12H16N2O4/c1-12(2,3)18-10-7-13-11(14(15)16)6-9(10)17-8-4-5-8/h6-8H,4-5H2,1-3H3. The van der Waals surface area contributed by atoms with E-state index < -0.39 is 10.5 Å². The maximum Gasteiger partial charge on any atom is 0.367 e. The highest BCUT2D eigenvalue weighted by Gasteiger charge is 2.28. The number of hydrogen-bond acceptors (Lipinski definition) is 5. The molecule has 0 N–H and O–H groups in total. The maximum absolute atomic E-state index is 10.7. The average molecular weight is 252 g/mol. The fourth-order valence-electron chi connectivity index (χ4n) is 1.38. The second-order valence-corrected chi connectivity index (χ2v) is 5.28. The van der Waals surface area contributed by atoms with Gasteiger partial charge in [0.05, 0.1) is 12.2 Å². The molecule has 18 heavy (non-hydrogen) atoms. The van der Waals surface area contributed by atoms with E-state index >= 15 is 0 Å². The fraction of sp³-hybridized carbons (Fsp3) is 0.583. The van der Waals surface area contributed by atoms with Gasteiger partial charge in [-0.1, -0.05) is 0 Å². The van der Waals surface area contributed by atoms with Crippen LogP contribution in [-0.4, -0.2) is 21.6 Å². The number of hydrogen-bond donors (Lipinski definition) is 0. The van der Waals surface area contributed by atoms with Crippen molar-refractivity contribution in [3.8, 4) is 11.5 Å². The van der Waals surface area contributed by atoms with Gasteiger partial charge in [-0.15, -0.1) is 0 Å². The third kappa shape index (κ3) is 3.32. The summed E-state index contributed by atoms with van der Waals surface area (Å²) >= 11 is 0. The molecule has 0 amide bonds. The zero-order chi connectivity index (χ0) is 13.3. The first kappa shape index (κ1) is 12.6. The van der Waals surface area contributed by atoms with Crippen molar-refractivity contribution in [1.82, 2.24) is 4.98 Å². The molecule has 1 saturated carbocycles. The van der Waals surface area contributed by atoms with Crippen LogP contribution in [0.3, 0.4) is 0 Å². The van der Waals surface area contributed by atoms with E-state index in [2.05, 4.69) is 4.98 Å². The largest absolute Gasteiger partial charge is 0.486 e. The Morgan fingerprint density at radius 1 is 1.39 bits per heavy atom. The summed E-state index contributed by atoms with van der Waals surface area (Å²) in [5.41, 5.74) is -0.403. The van der Waals surface area contributed by atoms with E-state index in [-0.39, 0.29) is 11.9 Å². The second-order valence-electron chi connectivity index (χ2n) is 5.28. The minimum Gasteiger partial charge on any atom is -0.486 e. The number of pyridine rings is 1. The Hall–Kier alpha value is -1.85. The van der Waals surface area contributed by atoms with Crippen LogP contribution in [-0.2, 0) is 0 Å². The summed E-state index contributed by atoms with van der Waals surface area (Å²) in [6.07, 6.45) is 3.45. The summed E-state index contributed by atoms with van der Waals surface area (Å²) in [7, 11) is 0. The van der Waals surface area contributed by atoms with Gasteiger partial charge in [0, 0.05) is 0 Å². The van der Waals surface area contributed by atoms with Crippen molar-refractivity contribution in [3.05, 3.63) is 22.4 Å². The second kappa shape index (κ2) is 4.44. The molecule has 0 spiro atoms. The molecule has 0 unspecified atom stereocenters. The lowest BCUT2D eigenvalue weighted by Gasteiger charge is -2.21. The van der Waals surface area contributed by atoms with Gasteiger partial charge in [-0.05, 0) is 43.5 Å². The quantitative estimate of drug-likeness (QED) is 0.608. The smallest absolute Gasteiger partial charge is 0.367 e. The van der Waals surface area contributed by atoms with Gasteiger partial charge in [-0.2, -0.15) is 0 Å². The van der Waals surface area contributed by atoms with Crippen molar-refractivity contribution in [2.24, 2.45) is 0 Å². The van der Waals surface area contributed by atoms with Crippen LogP contribution in [0.4, 0.5) is 5.82 Å². The number of rotatable bonds is 4.